The molecule has 0 unspecified atom stereocenters. The molecule has 3 rings (SSSR count). The third-order valence-corrected chi connectivity index (χ3v) is 4.45. The molecule has 0 aromatic heterocycles. The van der Waals surface area contributed by atoms with E-state index < -0.39 is 12.1 Å². The van der Waals surface area contributed by atoms with Gasteiger partial charge in [-0.25, -0.2) is 0 Å². The number of rotatable bonds is 7. The van der Waals surface area contributed by atoms with Gasteiger partial charge < -0.3 is 14.8 Å². The van der Waals surface area contributed by atoms with Crippen molar-refractivity contribution in [3.63, 3.8) is 0 Å². The van der Waals surface area contributed by atoms with Gasteiger partial charge in [0.25, 0.3) is 0 Å². The quantitative estimate of drug-likeness (QED) is 0.829. The molecule has 1 fully saturated rings. The number of Topliss-reactive ketones (excluding diaryl/α,β-unsaturated/α-hetero) is 1. The van der Waals surface area contributed by atoms with Gasteiger partial charge in [-0.1, -0.05) is 60.7 Å². The van der Waals surface area contributed by atoms with Crippen molar-refractivity contribution in [1.82, 2.24) is 5.32 Å². The van der Waals surface area contributed by atoms with Gasteiger partial charge in [0.2, 0.25) is 5.91 Å². The van der Waals surface area contributed by atoms with Gasteiger partial charge in [-0.15, -0.1) is 0 Å². The molecule has 3 atom stereocenters. The first-order valence-electron chi connectivity index (χ1n) is 8.77. The van der Waals surface area contributed by atoms with Crippen LogP contribution in [0.5, 0.6) is 0 Å². The molecule has 1 amide bonds. The van der Waals surface area contributed by atoms with Crippen molar-refractivity contribution in [3.8, 4) is 0 Å². The molecule has 0 spiro atoms. The first kappa shape index (κ1) is 18.3. The van der Waals surface area contributed by atoms with Crippen LogP contribution in [0.15, 0.2) is 60.7 Å². The van der Waals surface area contributed by atoms with E-state index in [1.54, 1.807) is 6.92 Å². The SMILES string of the molecule is C[C@@H]1OCC(=O)[C@H]1NC(=O)[C@H](Cc1ccccc1)OCc1ccccc1. The predicted molar refractivity (Wildman–Crippen MR) is 97.5 cm³/mol. The molecule has 2 aromatic carbocycles. The van der Waals surface area contributed by atoms with E-state index in [9.17, 15) is 9.59 Å². The van der Waals surface area contributed by atoms with E-state index in [1.165, 1.54) is 0 Å². The van der Waals surface area contributed by atoms with Crippen LogP contribution in [-0.4, -0.2) is 36.5 Å². The minimum atomic E-state index is -0.682. The van der Waals surface area contributed by atoms with E-state index in [4.69, 9.17) is 9.47 Å². The molecule has 1 aliphatic heterocycles. The zero-order valence-electron chi connectivity index (χ0n) is 14.8. The van der Waals surface area contributed by atoms with E-state index in [0.717, 1.165) is 11.1 Å². The maximum atomic E-state index is 12.8. The molecule has 1 aliphatic rings. The molecule has 0 saturated carbocycles. The highest BCUT2D eigenvalue weighted by atomic mass is 16.5. The van der Waals surface area contributed by atoms with Crippen molar-refractivity contribution in [2.75, 3.05) is 6.61 Å². The fraction of sp³-hybridized carbons (Fsp3) is 0.333. The number of hydrogen-bond donors (Lipinski definition) is 1. The number of ether oxygens (including phenoxy) is 2. The summed E-state index contributed by atoms with van der Waals surface area (Å²) in [5.74, 6) is -0.396. The lowest BCUT2D eigenvalue weighted by molar-refractivity contribution is -0.136. The highest BCUT2D eigenvalue weighted by molar-refractivity contribution is 5.93. The van der Waals surface area contributed by atoms with E-state index in [-0.39, 0.29) is 24.4 Å². The van der Waals surface area contributed by atoms with Crippen molar-refractivity contribution < 1.29 is 19.1 Å². The topological polar surface area (TPSA) is 64.6 Å². The molecule has 1 heterocycles. The third kappa shape index (κ3) is 4.77. The van der Waals surface area contributed by atoms with Crippen LogP contribution in [-0.2, 0) is 32.1 Å². The Morgan fingerprint density at radius 3 is 2.31 bits per heavy atom. The number of hydrogen-bond acceptors (Lipinski definition) is 4. The number of carbonyl (C=O) groups is 2. The van der Waals surface area contributed by atoms with Crippen LogP contribution >= 0.6 is 0 Å². The molecule has 0 aliphatic carbocycles. The Morgan fingerprint density at radius 2 is 1.73 bits per heavy atom. The molecule has 5 nitrogen and oxygen atoms in total. The fourth-order valence-electron chi connectivity index (χ4n) is 2.93. The van der Waals surface area contributed by atoms with Crippen LogP contribution in [0.4, 0.5) is 0 Å². The minimum Gasteiger partial charge on any atom is -0.368 e. The molecule has 2 aromatic rings. The summed E-state index contributed by atoms with van der Waals surface area (Å²) in [4.78, 5) is 24.7. The minimum absolute atomic E-state index is 0.0420. The van der Waals surface area contributed by atoms with Gasteiger partial charge in [-0.2, -0.15) is 0 Å². The summed E-state index contributed by atoms with van der Waals surface area (Å²) in [7, 11) is 0. The van der Waals surface area contributed by atoms with Crippen molar-refractivity contribution >= 4 is 11.7 Å². The molecule has 1 saturated heterocycles. The Balaban J connectivity index is 1.68. The van der Waals surface area contributed by atoms with Gasteiger partial charge >= 0.3 is 0 Å². The predicted octanol–water partition coefficient (Wildman–Crippen LogP) is 2.29. The van der Waals surface area contributed by atoms with Crippen molar-refractivity contribution in [2.24, 2.45) is 0 Å². The van der Waals surface area contributed by atoms with Crippen LogP contribution in [0.3, 0.4) is 0 Å². The molecule has 0 radical (unpaired) electrons. The fourth-order valence-corrected chi connectivity index (χ4v) is 2.93. The van der Waals surface area contributed by atoms with E-state index in [2.05, 4.69) is 5.32 Å². The summed E-state index contributed by atoms with van der Waals surface area (Å²) < 4.78 is 11.2. The lowest BCUT2D eigenvalue weighted by Crippen LogP contribution is -2.49. The van der Waals surface area contributed by atoms with Crippen molar-refractivity contribution in [3.05, 3.63) is 71.8 Å². The average molecular weight is 353 g/mol. The maximum Gasteiger partial charge on any atom is 0.250 e. The number of carbonyl (C=O) groups excluding carboxylic acids is 2. The van der Waals surface area contributed by atoms with Gasteiger partial charge in [0.15, 0.2) is 5.78 Å². The lowest BCUT2D eigenvalue weighted by Gasteiger charge is -2.21. The monoisotopic (exact) mass is 353 g/mol. The highest BCUT2D eigenvalue weighted by Gasteiger charge is 2.35. The third-order valence-electron chi connectivity index (χ3n) is 4.45. The van der Waals surface area contributed by atoms with Crippen LogP contribution in [0.1, 0.15) is 18.1 Å². The van der Waals surface area contributed by atoms with Crippen LogP contribution in [0, 0.1) is 0 Å². The van der Waals surface area contributed by atoms with Gasteiger partial charge in [0.1, 0.15) is 18.8 Å². The Labute approximate surface area is 153 Å². The van der Waals surface area contributed by atoms with Crippen molar-refractivity contribution in [1.29, 1.82) is 0 Å². The zero-order valence-corrected chi connectivity index (χ0v) is 14.8. The molecular formula is C21H23NO4. The number of amides is 1. The van der Waals surface area contributed by atoms with Gasteiger partial charge in [-0.05, 0) is 18.1 Å². The normalized spacial score (nSPS) is 20.7. The zero-order chi connectivity index (χ0) is 18.4. The summed E-state index contributed by atoms with van der Waals surface area (Å²) in [6.45, 7) is 2.16. The second-order valence-corrected chi connectivity index (χ2v) is 6.44. The number of nitrogens with one attached hydrogen (secondary N) is 1. The van der Waals surface area contributed by atoms with E-state index >= 15 is 0 Å². The first-order chi connectivity index (χ1) is 12.6. The van der Waals surface area contributed by atoms with Crippen LogP contribution in [0.2, 0.25) is 0 Å². The van der Waals surface area contributed by atoms with E-state index in [0.29, 0.717) is 13.0 Å². The van der Waals surface area contributed by atoms with Crippen molar-refractivity contribution in [2.45, 2.75) is 38.2 Å². The molecule has 0 bridgehead atoms. The molecular weight excluding hydrogens is 330 g/mol. The standard InChI is InChI=1S/C21H23NO4/c1-15-20(18(23)14-25-15)22-21(24)19(12-16-8-4-2-5-9-16)26-13-17-10-6-3-7-11-17/h2-11,15,19-20H,12-14H2,1H3,(H,22,24)/t15-,19-,20-/m0/s1. The Hall–Kier alpha value is -2.50. The second-order valence-electron chi connectivity index (χ2n) is 6.44. The highest BCUT2D eigenvalue weighted by Crippen LogP contribution is 2.13. The lowest BCUT2D eigenvalue weighted by atomic mass is 10.1. The summed E-state index contributed by atoms with van der Waals surface area (Å²) in [5, 5.41) is 2.80. The second kappa shape index (κ2) is 8.74. The molecule has 5 heteroatoms. The summed E-state index contributed by atoms with van der Waals surface area (Å²) in [6.07, 6.45) is -0.563. The van der Waals surface area contributed by atoms with E-state index in [1.807, 2.05) is 60.7 Å². The Bertz CT molecular complexity index is 732. The van der Waals surface area contributed by atoms with Gasteiger partial charge in [0.05, 0.1) is 12.7 Å². The summed E-state index contributed by atoms with van der Waals surface area (Å²) >= 11 is 0. The van der Waals surface area contributed by atoms with Gasteiger partial charge in [0, 0.05) is 6.42 Å². The average Bonchev–Trinajstić information content (AvgIpc) is 2.98. The molecule has 26 heavy (non-hydrogen) atoms. The van der Waals surface area contributed by atoms with Crippen LogP contribution in [0.25, 0.3) is 0 Å². The Morgan fingerprint density at radius 1 is 1.12 bits per heavy atom. The maximum absolute atomic E-state index is 12.8. The van der Waals surface area contributed by atoms with Crippen LogP contribution < -0.4 is 5.32 Å². The van der Waals surface area contributed by atoms with Gasteiger partial charge in [-0.3, -0.25) is 9.59 Å². The summed E-state index contributed by atoms with van der Waals surface area (Å²) in [6, 6.07) is 18.8. The summed E-state index contributed by atoms with van der Waals surface area (Å²) in [5.41, 5.74) is 2.00. The molecule has 1 N–H and O–H groups in total. The smallest absolute Gasteiger partial charge is 0.250 e. The number of ketones is 1. The molecule has 136 valence electrons. The number of benzene rings is 2. The first-order valence-corrected chi connectivity index (χ1v) is 8.77. The largest absolute Gasteiger partial charge is 0.368 e. The Kier molecular flexibility index (Phi) is 6.15.